The first-order valence-electron chi connectivity index (χ1n) is 11.6. The topological polar surface area (TPSA) is 86.8 Å². The van der Waals surface area contributed by atoms with Crippen LogP contribution in [0.3, 0.4) is 0 Å². The van der Waals surface area contributed by atoms with Crippen molar-refractivity contribution < 1.29 is 18.0 Å². The Morgan fingerprint density at radius 1 is 0.824 bits per heavy atom. The Bertz CT molecular complexity index is 1360. The molecule has 2 amide bonds. The molecule has 0 bridgehead atoms. The van der Waals surface area contributed by atoms with Crippen LogP contribution in [0.2, 0.25) is 0 Å². The third kappa shape index (κ3) is 4.43. The maximum Gasteiger partial charge on any atom is 0.251 e. The van der Waals surface area contributed by atoms with Crippen molar-refractivity contribution in [3.63, 3.8) is 0 Å². The fraction of sp³-hybridized carbons (Fsp3) is 0.308. The van der Waals surface area contributed by atoms with Gasteiger partial charge in [0.05, 0.1) is 11.4 Å². The summed E-state index contributed by atoms with van der Waals surface area (Å²) in [5.41, 5.74) is 2.86. The normalized spacial score (nSPS) is 16.4. The monoisotopic (exact) mass is 477 g/mol. The van der Waals surface area contributed by atoms with E-state index in [1.54, 1.807) is 29.2 Å². The van der Waals surface area contributed by atoms with E-state index in [1.165, 1.54) is 9.87 Å². The lowest BCUT2D eigenvalue weighted by molar-refractivity contribution is -0.131. The van der Waals surface area contributed by atoms with Gasteiger partial charge in [-0.05, 0) is 65.4 Å². The molecule has 0 saturated carbocycles. The van der Waals surface area contributed by atoms with E-state index < -0.39 is 10.0 Å². The molecule has 7 nitrogen and oxygen atoms in total. The van der Waals surface area contributed by atoms with E-state index in [-0.39, 0.29) is 31.4 Å². The second-order valence-corrected chi connectivity index (χ2v) is 10.8. The van der Waals surface area contributed by atoms with E-state index in [9.17, 15) is 18.0 Å². The highest BCUT2D eigenvalue weighted by molar-refractivity contribution is 7.89. The van der Waals surface area contributed by atoms with Crippen molar-refractivity contribution in [3.8, 4) is 0 Å². The van der Waals surface area contributed by atoms with Gasteiger partial charge in [-0.2, -0.15) is 4.31 Å². The van der Waals surface area contributed by atoms with Crippen LogP contribution in [0.15, 0.2) is 65.6 Å². The summed E-state index contributed by atoms with van der Waals surface area (Å²) >= 11 is 0. The summed E-state index contributed by atoms with van der Waals surface area (Å²) in [5.74, 6) is -0.527. The van der Waals surface area contributed by atoms with Crippen molar-refractivity contribution in [1.29, 1.82) is 0 Å². The van der Waals surface area contributed by atoms with Crippen LogP contribution in [0.1, 0.15) is 27.9 Å². The predicted molar refractivity (Wildman–Crippen MR) is 130 cm³/mol. The summed E-state index contributed by atoms with van der Waals surface area (Å²) in [6.07, 6.45) is 3.00. The molecule has 1 aliphatic carbocycles. The van der Waals surface area contributed by atoms with Crippen molar-refractivity contribution >= 4 is 32.6 Å². The minimum Gasteiger partial charge on any atom is -0.343 e. The first-order chi connectivity index (χ1) is 16.4. The van der Waals surface area contributed by atoms with Crippen LogP contribution >= 0.6 is 0 Å². The molecule has 1 aliphatic heterocycles. The minimum atomic E-state index is -3.59. The molecule has 3 aromatic rings. The number of piperazine rings is 1. The second-order valence-electron chi connectivity index (χ2n) is 8.81. The Morgan fingerprint density at radius 2 is 1.56 bits per heavy atom. The zero-order valence-electron chi connectivity index (χ0n) is 18.9. The van der Waals surface area contributed by atoms with Gasteiger partial charge in [0.1, 0.15) is 0 Å². The average molecular weight is 478 g/mol. The number of rotatable bonds is 5. The molecule has 0 spiro atoms. The lowest BCUT2D eigenvalue weighted by Gasteiger charge is -2.34. The molecule has 5 rings (SSSR count). The van der Waals surface area contributed by atoms with Crippen LogP contribution in [0.4, 0.5) is 0 Å². The fourth-order valence-electron chi connectivity index (χ4n) is 4.74. The minimum absolute atomic E-state index is 0.122. The molecule has 8 heteroatoms. The fourth-order valence-corrected chi connectivity index (χ4v) is 6.21. The van der Waals surface area contributed by atoms with E-state index in [0.29, 0.717) is 23.5 Å². The molecule has 2 aliphatic rings. The molecule has 1 heterocycles. The maximum atomic E-state index is 13.1. The molecule has 0 aromatic heterocycles. The second kappa shape index (κ2) is 9.19. The summed E-state index contributed by atoms with van der Waals surface area (Å²) < 4.78 is 27.6. The summed E-state index contributed by atoms with van der Waals surface area (Å²) in [5, 5.41) is 4.69. The Hall–Kier alpha value is -3.23. The van der Waals surface area contributed by atoms with Gasteiger partial charge in [-0.15, -0.1) is 0 Å². The van der Waals surface area contributed by atoms with E-state index in [4.69, 9.17) is 0 Å². The SMILES string of the molecule is O=C(NCC(=O)N1CCN(S(=O)(=O)c2ccc3c(c2)CCC3)CC1)c1ccc2ccccc2c1. The molecule has 1 fully saturated rings. The van der Waals surface area contributed by atoms with Crippen molar-refractivity contribution in [2.24, 2.45) is 0 Å². The number of aryl methyl sites for hydroxylation is 2. The number of nitrogens with one attached hydrogen (secondary N) is 1. The maximum absolute atomic E-state index is 13.1. The Balaban J connectivity index is 1.16. The number of benzene rings is 3. The van der Waals surface area contributed by atoms with Gasteiger partial charge >= 0.3 is 0 Å². The Labute approximate surface area is 199 Å². The molecular weight excluding hydrogens is 450 g/mol. The van der Waals surface area contributed by atoms with Crippen LogP contribution < -0.4 is 5.32 Å². The van der Waals surface area contributed by atoms with Crippen molar-refractivity contribution in [1.82, 2.24) is 14.5 Å². The molecular formula is C26H27N3O4S. The van der Waals surface area contributed by atoms with Gasteiger partial charge in [0, 0.05) is 31.7 Å². The lowest BCUT2D eigenvalue weighted by atomic mass is 10.1. The Morgan fingerprint density at radius 3 is 2.35 bits per heavy atom. The van der Waals surface area contributed by atoms with E-state index >= 15 is 0 Å². The van der Waals surface area contributed by atoms with Gasteiger partial charge in [-0.1, -0.05) is 36.4 Å². The highest BCUT2D eigenvalue weighted by Gasteiger charge is 2.31. The molecule has 0 unspecified atom stereocenters. The summed E-state index contributed by atoms with van der Waals surface area (Å²) in [6.45, 7) is 0.959. The largest absolute Gasteiger partial charge is 0.343 e. The van der Waals surface area contributed by atoms with E-state index in [1.807, 2.05) is 36.4 Å². The van der Waals surface area contributed by atoms with Gasteiger partial charge in [0.25, 0.3) is 5.91 Å². The van der Waals surface area contributed by atoms with E-state index in [2.05, 4.69) is 5.32 Å². The number of sulfonamides is 1. The third-order valence-electron chi connectivity index (χ3n) is 6.71. The molecule has 3 aromatic carbocycles. The third-order valence-corrected chi connectivity index (χ3v) is 8.61. The quantitative estimate of drug-likeness (QED) is 0.612. The van der Waals surface area contributed by atoms with Gasteiger partial charge in [-0.3, -0.25) is 9.59 Å². The van der Waals surface area contributed by atoms with Crippen molar-refractivity contribution in [3.05, 3.63) is 77.4 Å². The number of carbonyl (C=O) groups is 2. The molecule has 1 N–H and O–H groups in total. The molecule has 176 valence electrons. The van der Waals surface area contributed by atoms with Crippen molar-refractivity contribution in [2.75, 3.05) is 32.7 Å². The molecule has 0 atom stereocenters. The lowest BCUT2D eigenvalue weighted by Crippen LogP contribution is -2.52. The number of hydrogen-bond acceptors (Lipinski definition) is 4. The molecule has 0 radical (unpaired) electrons. The van der Waals surface area contributed by atoms with Crippen LogP contribution in [-0.2, 0) is 27.7 Å². The standard InChI is InChI=1S/C26H27N3O4S/c30-25(18-27-26(31)23-9-8-19-4-1-2-5-21(19)16-23)28-12-14-29(15-13-28)34(32,33)24-11-10-20-6-3-7-22(20)17-24/h1-2,4-5,8-11,16-17H,3,6-7,12-15,18H2,(H,27,31). The highest BCUT2D eigenvalue weighted by Crippen LogP contribution is 2.26. The predicted octanol–water partition coefficient (Wildman–Crippen LogP) is 2.59. The summed E-state index contributed by atoms with van der Waals surface area (Å²) in [7, 11) is -3.59. The molecule has 1 saturated heterocycles. The zero-order valence-corrected chi connectivity index (χ0v) is 19.7. The van der Waals surface area contributed by atoms with Crippen molar-refractivity contribution in [2.45, 2.75) is 24.2 Å². The van der Waals surface area contributed by atoms with Gasteiger partial charge in [-0.25, -0.2) is 8.42 Å². The number of fused-ring (bicyclic) bond motifs is 2. The Kier molecular flexibility index (Phi) is 6.10. The first-order valence-corrected chi connectivity index (χ1v) is 13.0. The van der Waals surface area contributed by atoms with Gasteiger partial charge in [0.2, 0.25) is 15.9 Å². The number of carbonyl (C=O) groups excluding carboxylic acids is 2. The number of hydrogen-bond donors (Lipinski definition) is 1. The highest BCUT2D eigenvalue weighted by atomic mass is 32.2. The summed E-state index contributed by atoms with van der Waals surface area (Å²) in [4.78, 5) is 27.1. The summed E-state index contributed by atoms with van der Waals surface area (Å²) in [6, 6.07) is 18.6. The van der Waals surface area contributed by atoms with Crippen LogP contribution in [0.25, 0.3) is 10.8 Å². The zero-order chi connectivity index (χ0) is 23.7. The van der Waals surface area contributed by atoms with Crippen LogP contribution in [-0.4, -0.2) is 62.2 Å². The average Bonchev–Trinajstić information content (AvgIpc) is 3.35. The number of nitrogens with zero attached hydrogens (tertiary/aromatic N) is 2. The van der Waals surface area contributed by atoms with E-state index in [0.717, 1.165) is 35.6 Å². The van der Waals surface area contributed by atoms with Crippen LogP contribution in [0.5, 0.6) is 0 Å². The van der Waals surface area contributed by atoms with Gasteiger partial charge < -0.3 is 10.2 Å². The molecule has 34 heavy (non-hydrogen) atoms. The van der Waals surface area contributed by atoms with Crippen LogP contribution in [0, 0.1) is 0 Å². The van der Waals surface area contributed by atoms with Gasteiger partial charge in [0.15, 0.2) is 0 Å². The smallest absolute Gasteiger partial charge is 0.251 e. The first kappa shape index (κ1) is 22.6. The number of amides is 2.